The third-order valence-electron chi connectivity index (χ3n) is 11.6. The topological polar surface area (TPSA) is 0 Å². The van der Waals surface area contributed by atoms with Crippen LogP contribution in [0.5, 0.6) is 0 Å². The summed E-state index contributed by atoms with van der Waals surface area (Å²) < 4.78 is 0. The molecular formula is C58H44P2. The van der Waals surface area contributed by atoms with Crippen LogP contribution in [0.4, 0.5) is 0 Å². The van der Waals surface area contributed by atoms with E-state index in [0.29, 0.717) is 0 Å². The van der Waals surface area contributed by atoms with Crippen LogP contribution in [0.2, 0.25) is 0 Å². The highest BCUT2D eigenvalue weighted by Crippen LogP contribution is 2.52. The first kappa shape index (κ1) is 37.8. The average Bonchev–Trinajstić information content (AvgIpc) is 3.33. The molecule has 0 aliphatic rings. The predicted molar refractivity (Wildman–Crippen MR) is 263 cm³/mol. The second kappa shape index (κ2) is 17.4. The molecule has 0 aliphatic carbocycles. The van der Waals surface area contributed by atoms with Gasteiger partial charge < -0.3 is 0 Å². The summed E-state index contributed by atoms with van der Waals surface area (Å²) in [6.45, 7) is 0. The van der Waals surface area contributed by atoms with Crippen molar-refractivity contribution in [3.05, 3.63) is 254 Å². The van der Waals surface area contributed by atoms with Crippen LogP contribution in [-0.4, -0.2) is 0 Å². The summed E-state index contributed by atoms with van der Waals surface area (Å²) >= 11 is 0. The van der Waals surface area contributed by atoms with Crippen LogP contribution in [0.25, 0.3) is 54.9 Å². The molecule has 286 valence electrons. The van der Waals surface area contributed by atoms with Gasteiger partial charge in [0.25, 0.3) is 0 Å². The zero-order valence-electron chi connectivity index (χ0n) is 33.4. The van der Waals surface area contributed by atoms with Gasteiger partial charge in [0, 0.05) is 12.3 Å². The second-order valence-corrected chi connectivity index (χ2v) is 19.7. The number of hydrogen-bond donors (Lipinski definition) is 0. The van der Waals surface area contributed by atoms with Crippen molar-refractivity contribution in [3.63, 3.8) is 0 Å². The average molecular weight is 803 g/mol. The monoisotopic (exact) mass is 802 g/mol. The molecule has 0 N–H and O–H groups in total. The van der Waals surface area contributed by atoms with Crippen molar-refractivity contribution < 1.29 is 0 Å². The summed E-state index contributed by atoms with van der Waals surface area (Å²) in [5.41, 5.74) is 10.6. The molecule has 2 heteroatoms. The second-order valence-electron chi connectivity index (χ2n) is 15.2. The molecule has 0 bridgehead atoms. The van der Waals surface area contributed by atoms with E-state index in [9.17, 15) is 0 Å². The largest absolute Gasteiger partial charge is 0.0622 e. The normalized spacial score (nSPS) is 11.4. The Bertz CT molecular complexity index is 2720. The molecule has 0 saturated carbocycles. The Balaban J connectivity index is 1.36. The van der Waals surface area contributed by atoms with E-state index in [4.69, 9.17) is 0 Å². The van der Waals surface area contributed by atoms with E-state index < -0.39 is 15.8 Å². The summed E-state index contributed by atoms with van der Waals surface area (Å²) in [6.07, 6.45) is 1.78. The van der Waals surface area contributed by atoms with Gasteiger partial charge in [0.2, 0.25) is 0 Å². The Morgan fingerprint density at radius 1 is 0.267 bits per heavy atom. The lowest BCUT2D eigenvalue weighted by Gasteiger charge is -2.29. The minimum absolute atomic E-state index is 0.785. The third-order valence-corrected chi connectivity index (χ3v) is 16.6. The van der Waals surface area contributed by atoms with Gasteiger partial charge in [-0.1, -0.05) is 231 Å². The molecule has 10 rings (SSSR count). The Morgan fingerprint density at radius 3 is 0.850 bits per heavy atom. The molecule has 0 amide bonds. The van der Waals surface area contributed by atoms with E-state index in [1.54, 1.807) is 0 Å². The molecule has 0 radical (unpaired) electrons. The molecular weight excluding hydrogens is 759 g/mol. The Hall–Kier alpha value is -6.42. The van der Waals surface area contributed by atoms with Gasteiger partial charge in [0.1, 0.15) is 0 Å². The van der Waals surface area contributed by atoms with Gasteiger partial charge in [-0.15, -0.1) is 0 Å². The molecule has 0 heterocycles. The Morgan fingerprint density at radius 2 is 0.533 bits per heavy atom. The van der Waals surface area contributed by atoms with Gasteiger partial charge in [-0.25, -0.2) is 0 Å². The van der Waals surface area contributed by atoms with Crippen LogP contribution in [0.1, 0.15) is 11.1 Å². The van der Waals surface area contributed by atoms with Gasteiger partial charge in [-0.05, 0) is 115 Å². The fourth-order valence-electron chi connectivity index (χ4n) is 8.84. The van der Waals surface area contributed by atoms with Gasteiger partial charge in [0.15, 0.2) is 0 Å². The van der Waals surface area contributed by atoms with Gasteiger partial charge in [-0.2, -0.15) is 0 Å². The molecule has 0 unspecified atom stereocenters. The number of benzene rings is 10. The molecule has 0 spiro atoms. The molecule has 60 heavy (non-hydrogen) atoms. The maximum atomic E-state index is 2.47. The maximum Gasteiger partial charge on any atom is 0.00200 e. The maximum absolute atomic E-state index is 2.47. The van der Waals surface area contributed by atoms with E-state index in [1.165, 1.54) is 87.3 Å². The van der Waals surface area contributed by atoms with Crippen LogP contribution >= 0.6 is 15.8 Å². The van der Waals surface area contributed by atoms with Crippen molar-refractivity contribution in [1.82, 2.24) is 0 Å². The summed E-state index contributed by atoms with van der Waals surface area (Å²) in [5, 5.41) is 10.6. The van der Waals surface area contributed by atoms with Gasteiger partial charge in [0.05, 0.1) is 0 Å². The molecule has 0 saturated heterocycles. The summed E-state index contributed by atoms with van der Waals surface area (Å²) in [6, 6.07) is 90.3. The van der Waals surface area contributed by atoms with E-state index in [1.807, 2.05) is 0 Å². The minimum Gasteiger partial charge on any atom is -0.0622 e. The highest BCUT2D eigenvalue weighted by atomic mass is 31.1. The summed E-state index contributed by atoms with van der Waals surface area (Å²) in [5.74, 6) is 0. The zero-order valence-corrected chi connectivity index (χ0v) is 35.2. The van der Waals surface area contributed by atoms with Crippen LogP contribution < -0.4 is 21.2 Å². The fraction of sp³-hybridized carbons (Fsp3) is 0.0345. The highest BCUT2D eigenvalue weighted by molar-refractivity contribution is 7.72. The predicted octanol–water partition coefficient (Wildman–Crippen LogP) is 14.3. The van der Waals surface area contributed by atoms with Gasteiger partial charge in [-0.3, -0.25) is 0 Å². The highest BCUT2D eigenvalue weighted by Gasteiger charge is 2.28. The van der Waals surface area contributed by atoms with Crippen LogP contribution in [0.3, 0.4) is 0 Å². The first-order chi connectivity index (χ1) is 29.8. The van der Waals surface area contributed by atoms with E-state index in [-0.39, 0.29) is 0 Å². The van der Waals surface area contributed by atoms with Crippen LogP contribution in [0.15, 0.2) is 243 Å². The van der Waals surface area contributed by atoms with Crippen molar-refractivity contribution in [2.45, 2.75) is 12.3 Å². The number of hydrogen-bond acceptors (Lipinski definition) is 0. The first-order valence-electron chi connectivity index (χ1n) is 20.8. The molecule has 10 aromatic rings. The fourth-order valence-corrected chi connectivity index (χ4v) is 13.6. The van der Waals surface area contributed by atoms with Crippen LogP contribution in [0, 0.1) is 0 Å². The molecule has 0 aromatic heterocycles. The minimum atomic E-state index is -0.785. The standard InChI is InChI=1S/C58H44P2/c1-7-23-43(24-8-1)53-39-45-27-19-21-37-51(45)57(55(53)41-59(47-29-11-3-12-30-47)48-31-13-4-14-32-48)58-52-38-22-20-28-46(52)40-54(44-25-9-2-10-26-44)56(58)42-60(49-33-15-5-16-34-49)50-35-17-6-18-36-50/h1-40H,41-42H2. The summed E-state index contributed by atoms with van der Waals surface area (Å²) in [7, 11) is -1.57. The molecule has 0 aliphatic heterocycles. The number of rotatable bonds is 11. The molecule has 10 aromatic carbocycles. The Kier molecular flexibility index (Phi) is 11.0. The van der Waals surface area contributed by atoms with E-state index in [0.717, 1.165) is 12.3 Å². The van der Waals surface area contributed by atoms with Crippen molar-refractivity contribution >= 4 is 58.6 Å². The lowest BCUT2D eigenvalue weighted by molar-refractivity contribution is 1.37. The molecule has 0 atom stereocenters. The van der Waals surface area contributed by atoms with Crippen molar-refractivity contribution in [3.8, 4) is 33.4 Å². The van der Waals surface area contributed by atoms with E-state index >= 15 is 0 Å². The van der Waals surface area contributed by atoms with Crippen molar-refractivity contribution in [1.29, 1.82) is 0 Å². The lowest BCUT2D eigenvalue weighted by Crippen LogP contribution is -2.15. The lowest BCUT2D eigenvalue weighted by atomic mass is 9.82. The number of fused-ring (bicyclic) bond motifs is 2. The van der Waals surface area contributed by atoms with Crippen molar-refractivity contribution in [2.24, 2.45) is 0 Å². The molecule has 0 fully saturated rings. The Labute approximate surface area is 356 Å². The smallest absolute Gasteiger partial charge is 0.00200 e. The third kappa shape index (κ3) is 7.62. The van der Waals surface area contributed by atoms with Crippen LogP contribution in [-0.2, 0) is 12.3 Å². The van der Waals surface area contributed by atoms with Crippen molar-refractivity contribution in [2.75, 3.05) is 0 Å². The summed E-state index contributed by atoms with van der Waals surface area (Å²) in [4.78, 5) is 0. The molecule has 0 nitrogen and oxygen atoms in total. The van der Waals surface area contributed by atoms with E-state index in [2.05, 4.69) is 243 Å². The zero-order chi connectivity index (χ0) is 40.1. The van der Waals surface area contributed by atoms with Gasteiger partial charge >= 0.3 is 0 Å². The quantitative estimate of drug-likeness (QED) is 0.114. The first-order valence-corrected chi connectivity index (χ1v) is 23.8. The SMILES string of the molecule is c1ccc(-c2cc3ccccc3c(-c3c(CP(c4ccccc4)c4ccccc4)c(-c4ccccc4)cc4ccccc34)c2CP(c2ccccc2)c2ccccc2)cc1.